The van der Waals surface area contributed by atoms with Gasteiger partial charge in [0.2, 0.25) is 0 Å². The van der Waals surface area contributed by atoms with Crippen LogP contribution in [0.3, 0.4) is 0 Å². The third-order valence-corrected chi connectivity index (χ3v) is 3.49. The molecule has 1 amide bonds. The molecule has 0 aliphatic carbocycles. The van der Waals surface area contributed by atoms with Crippen LogP contribution in [-0.2, 0) is 4.74 Å². The Hall–Kier alpha value is -0.770. The van der Waals surface area contributed by atoms with Crippen molar-refractivity contribution in [3.8, 4) is 0 Å². The number of carbonyl (C=O) groups is 1. The monoisotopic (exact) mass is 455 g/mol. The molecule has 1 rings (SSSR count). The van der Waals surface area contributed by atoms with Crippen molar-refractivity contribution in [3.63, 3.8) is 0 Å². The molecule has 8 heteroatoms. The smallest absolute Gasteiger partial charge is 0.410 e. The van der Waals surface area contributed by atoms with Crippen LogP contribution >= 0.6 is 24.0 Å². The van der Waals surface area contributed by atoms with Crippen molar-refractivity contribution in [2.45, 2.75) is 26.4 Å². The highest BCUT2D eigenvalue weighted by Crippen LogP contribution is 2.11. The summed E-state index contributed by atoms with van der Waals surface area (Å²) in [5.41, 5.74) is -0.433. The summed E-state index contributed by atoms with van der Waals surface area (Å²) in [5.74, 6) is 0.970. The predicted molar refractivity (Wildman–Crippen MR) is 109 cm³/mol. The van der Waals surface area contributed by atoms with E-state index in [1.54, 1.807) is 4.90 Å². The minimum Gasteiger partial charge on any atom is -0.444 e. The molecule has 142 valence electrons. The second kappa shape index (κ2) is 10.3. The van der Waals surface area contributed by atoms with E-state index in [1.165, 1.54) is 0 Å². The molecule has 0 radical (unpaired) electrons. The number of piperazine rings is 1. The van der Waals surface area contributed by atoms with Gasteiger partial charge in [0, 0.05) is 60.9 Å². The van der Waals surface area contributed by atoms with E-state index in [0.29, 0.717) is 13.1 Å². The van der Waals surface area contributed by atoms with Crippen LogP contribution in [-0.4, -0.2) is 105 Å². The molecule has 1 aliphatic heterocycles. The molecule has 1 aliphatic rings. The molecule has 7 nitrogen and oxygen atoms in total. The Morgan fingerprint density at radius 3 is 1.96 bits per heavy atom. The number of nitrogens with zero attached hydrogens (tertiary/aromatic N) is 5. The fraction of sp³-hybridized carbons (Fsp3) is 0.875. The number of ether oxygens (including phenoxy) is 1. The lowest BCUT2D eigenvalue weighted by Crippen LogP contribution is -2.50. The van der Waals surface area contributed by atoms with Gasteiger partial charge in [-0.1, -0.05) is 0 Å². The maximum atomic E-state index is 12.0. The first-order valence-corrected chi connectivity index (χ1v) is 8.19. The minimum atomic E-state index is -0.433. The van der Waals surface area contributed by atoms with Gasteiger partial charge in [-0.05, 0) is 20.8 Å². The van der Waals surface area contributed by atoms with Crippen molar-refractivity contribution in [1.29, 1.82) is 0 Å². The standard InChI is InChI=1S/C16H33N5O2.HI/c1-16(2,3)23-15(22)21-12-10-20(11-13-21)9-8-17-14(18(4)5)19(6)7;/h8-13H2,1-7H3;1H. The lowest BCUT2D eigenvalue weighted by Gasteiger charge is -2.35. The maximum Gasteiger partial charge on any atom is 0.410 e. The van der Waals surface area contributed by atoms with Gasteiger partial charge in [0.15, 0.2) is 5.96 Å². The van der Waals surface area contributed by atoms with Crippen LogP contribution in [0.25, 0.3) is 0 Å². The molecule has 0 N–H and O–H groups in total. The summed E-state index contributed by atoms with van der Waals surface area (Å²) in [6, 6.07) is 0. The van der Waals surface area contributed by atoms with Crippen LogP contribution in [0.1, 0.15) is 20.8 Å². The first kappa shape index (κ1) is 23.2. The second-order valence-electron chi connectivity index (χ2n) is 7.28. The molecule has 1 heterocycles. The Morgan fingerprint density at radius 1 is 1.04 bits per heavy atom. The van der Waals surface area contributed by atoms with E-state index in [-0.39, 0.29) is 30.1 Å². The summed E-state index contributed by atoms with van der Waals surface area (Å²) in [7, 11) is 7.99. The summed E-state index contributed by atoms with van der Waals surface area (Å²) in [5, 5.41) is 0. The highest BCUT2D eigenvalue weighted by Gasteiger charge is 2.25. The Balaban J connectivity index is 0.00000529. The summed E-state index contributed by atoms with van der Waals surface area (Å²) >= 11 is 0. The van der Waals surface area contributed by atoms with Gasteiger partial charge < -0.3 is 19.4 Å². The van der Waals surface area contributed by atoms with E-state index in [9.17, 15) is 4.79 Å². The Morgan fingerprint density at radius 2 is 1.54 bits per heavy atom. The zero-order chi connectivity index (χ0) is 17.6. The number of rotatable bonds is 3. The molecule has 0 aromatic heterocycles. The fourth-order valence-electron chi connectivity index (χ4n) is 2.45. The lowest BCUT2D eigenvalue weighted by atomic mass is 10.2. The van der Waals surface area contributed by atoms with E-state index in [1.807, 2.05) is 58.8 Å². The van der Waals surface area contributed by atoms with Gasteiger partial charge in [-0.2, -0.15) is 0 Å². The topological polar surface area (TPSA) is 51.6 Å². The first-order chi connectivity index (χ1) is 10.6. The average Bonchev–Trinajstić information content (AvgIpc) is 2.41. The van der Waals surface area contributed by atoms with Gasteiger partial charge in [-0.25, -0.2) is 4.79 Å². The van der Waals surface area contributed by atoms with Crippen molar-refractivity contribution >= 4 is 36.0 Å². The normalized spacial score (nSPS) is 15.4. The van der Waals surface area contributed by atoms with Crippen LogP contribution in [0.5, 0.6) is 0 Å². The molecule has 1 fully saturated rings. The summed E-state index contributed by atoms with van der Waals surface area (Å²) < 4.78 is 5.41. The van der Waals surface area contributed by atoms with Crippen molar-refractivity contribution in [3.05, 3.63) is 0 Å². The summed E-state index contributed by atoms with van der Waals surface area (Å²) in [6.07, 6.45) is -0.210. The van der Waals surface area contributed by atoms with E-state index in [0.717, 1.165) is 32.1 Å². The minimum absolute atomic E-state index is 0. The number of aliphatic imine (C=N–C) groups is 1. The van der Waals surface area contributed by atoms with E-state index in [4.69, 9.17) is 4.74 Å². The second-order valence-corrected chi connectivity index (χ2v) is 7.28. The van der Waals surface area contributed by atoms with Crippen LogP contribution in [0.4, 0.5) is 4.79 Å². The Labute approximate surface area is 164 Å². The third-order valence-electron chi connectivity index (χ3n) is 3.49. The van der Waals surface area contributed by atoms with Crippen LogP contribution in [0, 0.1) is 0 Å². The molecule has 0 atom stereocenters. The molecule has 1 saturated heterocycles. The SMILES string of the molecule is CN(C)C(=NCCN1CCN(C(=O)OC(C)(C)C)CC1)N(C)C.I. The van der Waals surface area contributed by atoms with Crippen LogP contribution < -0.4 is 0 Å². The van der Waals surface area contributed by atoms with Gasteiger partial charge in [0.25, 0.3) is 0 Å². The van der Waals surface area contributed by atoms with Crippen molar-refractivity contribution in [2.24, 2.45) is 4.99 Å². The highest BCUT2D eigenvalue weighted by atomic mass is 127. The highest BCUT2D eigenvalue weighted by molar-refractivity contribution is 14.0. The molecule has 0 spiro atoms. The number of guanidine groups is 1. The van der Waals surface area contributed by atoms with E-state index < -0.39 is 5.60 Å². The van der Waals surface area contributed by atoms with Gasteiger partial charge in [-0.3, -0.25) is 9.89 Å². The van der Waals surface area contributed by atoms with Crippen molar-refractivity contribution in [2.75, 3.05) is 67.5 Å². The number of hydrogen-bond donors (Lipinski definition) is 0. The maximum absolute atomic E-state index is 12.0. The van der Waals surface area contributed by atoms with Crippen molar-refractivity contribution in [1.82, 2.24) is 19.6 Å². The summed E-state index contributed by atoms with van der Waals surface area (Å²) in [4.78, 5) is 24.8. The quantitative estimate of drug-likeness (QED) is 0.368. The molecule has 0 saturated carbocycles. The Kier molecular flexibility index (Phi) is 9.94. The van der Waals surface area contributed by atoms with Gasteiger partial charge in [0.1, 0.15) is 5.60 Å². The molecule has 24 heavy (non-hydrogen) atoms. The molecular formula is C16H34IN5O2. The van der Waals surface area contributed by atoms with E-state index >= 15 is 0 Å². The lowest BCUT2D eigenvalue weighted by molar-refractivity contribution is 0.0148. The average molecular weight is 455 g/mol. The summed E-state index contributed by atoms with van der Waals surface area (Å²) in [6.45, 7) is 10.5. The number of amides is 1. The molecular weight excluding hydrogens is 421 g/mol. The van der Waals surface area contributed by atoms with Gasteiger partial charge in [-0.15, -0.1) is 24.0 Å². The Bertz CT molecular complexity index is 403. The van der Waals surface area contributed by atoms with Crippen molar-refractivity contribution < 1.29 is 9.53 Å². The van der Waals surface area contributed by atoms with Crippen LogP contribution in [0.2, 0.25) is 0 Å². The number of carbonyl (C=O) groups excluding carboxylic acids is 1. The largest absolute Gasteiger partial charge is 0.444 e. The zero-order valence-corrected chi connectivity index (χ0v) is 18.5. The van der Waals surface area contributed by atoms with Crippen LogP contribution in [0.15, 0.2) is 4.99 Å². The predicted octanol–water partition coefficient (Wildman–Crippen LogP) is 1.64. The molecule has 0 unspecified atom stereocenters. The number of hydrogen-bond acceptors (Lipinski definition) is 4. The molecule has 0 bridgehead atoms. The third kappa shape index (κ3) is 8.36. The van der Waals surface area contributed by atoms with Gasteiger partial charge in [0.05, 0.1) is 6.54 Å². The molecule has 0 aromatic carbocycles. The fourth-order valence-corrected chi connectivity index (χ4v) is 2.45. The van der Waals surface area contributed by atoms with E-state index in [2.05, 4.69) is 9.89 Å². The molecule has 0 aromatic rings. The number of halogens is 1. The first-order valence-electron chi connectivity index (χ1n) is 8.19. The zero-order valence-electron chi connectivity index (χ0n) is 16.2. The van der Waals surface area contributed by atoms with Gasteiger partial charge >= 0.3 is 6.09 Å².